The highest BCUT2D eigenvalue weighted by Crippen LogP contribution is 2.36. The third-order valence-electron chi connectivity index (χ3n) is 7.22. The Morgan fingerprint density at radius 1 is 1.12 bits per heavy atom. The van der Waals surface area contributed by atoms with Crippen LogP contribution in [0, 0.1) is 6.92 Å². The lowest BCUT2D eigenvalue weighted by Gasteiger charge is -2.37. The second kappa shape index (κ2) is 10.4. The van der Waals surface area contributed by atoms with Gasteiger partial charge in [-0.25, -0.2) is 0 Å². The number of likely N-dealkylation sites (N-methyl/N-ethyl adjacent to an activating group) is 1. The van der Waals surface area contributed by atoms with Crippen LogP contribution in [0.25, 0.3) is 10.9 Å². The van der Waals surface area contributed by atoms with Crippen LogP contribution in [0.4, 0.5) is 5.69 Å². The molecule has 2 N–H and O–H groups in total. The van der Waals surface area contributed by atoms with E-state index in [9.17, 15) is 9.59 Å². The van der Waals surface area contributed by atoms with Crippen LogP contribution in [0.5, 0.6) is 0 Å². The van der Waals surface area contributed by atoms with Crippen molar-refractivity contribution in [3.63, 3.8) is 0 Å². The largest absolute Gasteiger partial charge is 0.358 e. The summed E-state index contributed by atoms with van der Waals surface area (Å²) in [4.78, 5) is 33.0. The molecule has 180 valence electrons. The zero-order chi connectivity index (χ0) is 24.2. The summed E-state index contributed by atoms with van der Waals surface area (Å²) in [5, 5.41) is 4.28. The van der Waals surface area contributed by atoms with Crippen molar-refractivity contribution in [2.24, 2.45) is 0 Å². The Balaban J connectivity index is 1.32. The second-order valence-corrected chi connectivity index (χ2v) is 9.45. The fraction of sp³-hybridized carbons (Fsp3) is 0.429. The van der Waals surface area contributed by atoms with E-state index < -0.39 is 0 Å². The van der Waals surface area contributed by atoms with Gasteiger partial charge in [-0.15, -0.1) is 0 Å². The molecule has 0 radical (unpaired) electrons. The van der Waals surface area contributed by atoms with Crippen molar-refractivity contribution in [3.8, 4) is 0 Å². The number of H-pyrrole nitrogens is 1. The van der Waals surface area contributed by atoms with Gasteiger partial charge in [0.2, 0.25) is 11.8 Å². The molecule has 34 heavy (non-hydrogen) atoms. The molecule has 1 atom stereocenters. The van der Waals surface area contributed by atoms with Crippen LogP contribution in [-0.4, -0.2) is 59.3 Å². The summed E-state index contributed by atoms with van der Waals surface area (Å²) >= 11 is 0. The first-order chi connectivity index (χ1) is 16.4. The number of benzene rings is 2. The van der Waals surface area contributed by atoms with Crippen molar-refractivity contribution in [3.05, 3.63) is 65.4 Å². The Morgan fingerprint density at radius 2 is 1.79 bits per heavy atom. The topological polar surface area (TPSA) is 68.4 Å². The van der Waals surface area contributed by atoms with Crippen LogP contribution in [0.2, 0.25) is 0 Å². The number of hydrogen-bond acceptors (Lipinski definition) is 3. The van der Waals surface area contributed by atoms with E-state index in [1.807, 2.05) is 31.2 Å². The van der Waals surface area contributed by atoms with Gasteiger partial charge >= 0.3 is 0 Å². The van der Waals surface area contributed by atoms with Gasteiger partial charge in [-0.2, -0.15) is 0 Å². The summed E-state index contributed by atoms with van der Waals surface area (Å²) in [7, 11) is 1.71. The lowest BCUT2D eigenvalue weighted by atomic mass is 9.87. The van der Waals surface area contributed by atoms with Gasteiger partial charge in [-0.3, -0.25) is 14.5 Å². The zero-order valence-electron chi connectivity index (χ0n) is 20.7. The second-order valence-electron chi connectivity index (χ2n) is 9.45. The fourth-order valence-corrected chi connectivity index (χ4v) is 5.31. The zero-order valence-corrected chi connectivity index (χ0v) is 20.7. The molecule has 1 unspecified atom stereocenters. The van der Waals surface area contributed by atoms with E-state index in [0.29, 0.717) is 5.92 Å². The predicted octanol–water partition coefficient (Wildman–Crippen LogP) is 4.70. The molecule has 1 aliphatic heterocycles. The van der Waals surface area contributed by atoms with Gasteiger partial charge in [0.15, 0.2) is 0 Å². The van der Waals surface area contributed by atoms with E-state index in [-0.39, 0.29) is 24.4 Å². The molecule has 2 heterocycles. The number of para-hydroxylation sites is 2. The molecule has 3 aromatic rings. The van der Waals surface area contributed by atoms with Crippen molar-refractivity contribution in [1.82, 2.24) is 14.8 Å². The number of piperidine rings is 1. The van der Waals surface area contributed by atoms with Gasteiger partial charge in [0, 0.05) is 29.3 Å². The number of rotatable bonds is 7. The minimum atomic E-state index is -0.245. The molecule has 0 aliphatic carbocycles. The summed E-state index contributed by atoms with van der Waals surface area (Å²) in [5.41, 5.74) is 5.78. The van der Waals surface area contributed by atoms with Gasteiger partial charge in [0.25, 0.3) is 0 Å². The van der Waals surface area contributed by atoms with Crippen LogP contribution in [0.3, 0.4) is 0 Å². The highest BCUT2D eigenvalue weighted by Gasteiger charge is 2.30. The standard InChI is InChI=1S/C28H36N4O2/c1-5-21-10-6-8-12-24(21)30-26(33)18-31(4)28(34)20(3)32-16-14-22(15-17-32)27-19(2)29-25-13-9-7-11-23(25)27/h6-13,20,22,29H,5,14-18H2,1-4H3,(H,30,33). The minimum absolute atomic E-state index is 0.0133. The molecule has 1 saturated heterocycles. The number of likely N-dealkylation sites (tertiary alicyclic amines) is 1. The normalized spacial score (nSPS) is 15.9. The number of fused-ring (bicyclic) bond motifs is 1. The molecule has 0 spiro atoms. The summed E-state index contributed by atoms with van der Waals surface area (Å²) in [6, 6.07) is 16.0. The fourth-order valence-electron chi connectivity index (χ4n) is 5.31. The van der Waals surface area contributed by atoms with Crippen LogP contribution < -0.4 is 5.32 Å². The van der Waals surface area contributed by atoms with Crippen LogP contribution in [0.15, 0.2) is 48.5 Å². The number of nitrogens with one attached hydrogen (secondary N) is 2. The molecule has 0 saturated carbocycles. The molecule has 6 heteroatoms. The highest BCUT2D eigenvalue weighted by molar-refractivity contribution is 5.95. The number of hydrogen-bond donors (Lipinski definition) is 2. The smallest absolute Gasteiger partial charge is 0.243 e. The van der Waals surface area contributed by atoms with Gasteiger partial charge in [0.05, 0.1) is 12.6 Å². The van der Waals surface area contributed by atoms with E-state index in [4.69, 9.17) is 0 Å². The van der Waals surface area contributed by atoms with Gasteiger partial charge < -0.3 is 15.2 Å². The van der Waals surface area contributed by atoms with Gasteiger partial charge in [0.1, 0.15) is 0 Å². The summed E-state index contributed by atoms with van der Waals surface area (Å²) in [6.07, 6.45) is 2.90. The maximum atomic E-state index is 13.1. The third-order valence-corrected chi connectivity index (χ3v) is 7.22. The first-order valence-corrected chi connectivity index (χ1v) is 12.3. The third kappa shape index (κ3) is 5.02. The average Bonchev–Trinajstić information content (AvgIpc) is 3.19. The lowest BCUT2D eigenvalue weighted by Crippen LogP contribution is -2.49. The van der Waals surface area contributed by atoms with E-state index in [2.05, 4.69) is 53.3 Å². The number of nitrogens with zero attached hydrogens (tertiary/aromatic N) is 2. The van der Waals surface area contributed by atoms with Crippen molar-refractivity contribution < 1.29 is 9.59 Å². The molecule has 2 amide bonds. The van der Waals surface area contributed by atoms with Crippen molar-refractivity contribution in [1.29, 1.82) is 0 Å². The van der Waals surface area contributed by atoms with Crippen molar-refractivity contribution in [2.75, 3.05) is 32.0 Å². The summed E-state index contributed by atoms with van der Waals surface area (Å²) in [5.74, 6) is 0.315. The number of aryl methyl sites for hydroxylation is 2. The van der Waals surface area contributed by atoms with Gasteiger partial charge in [-0.1, -0.05) is 43.3 Å². The number of anilines is 1. The van der Waals surface area contributed by atoms with Crippen molar-refractivity contribution >= 4 is 28.4 Å². The van der Waals surface area contributed by atoms with E-state index >= 15 is 0 Å². The molecule has 1 aliphatic rings. The monoisotopic (exact) mass is 460 g/mol. The van der Waals surface area contributed by atoms with E-state index in [0.717, 1.165) is 43.6 Å². The Bertz CT molecular complexity index is 1160. The number of carbonyl (C=O) groups is 2. The summed E-state index contributed by atoms with van der Waals surface area (Å²) in [6.45, 7) is 7.98. The maximum absolute atomic E-state index is 13.1. The Morgan fingerprint density at radius 3 is 2.53 bits per heavy atom. The van der Waals surface area contributed by atoms with Crippen LogP contribution in [0.1, 0.15) is 49.4 Å². The van der Waals surface area contributed by atoms with Gasteiger partial charge in [-0.05, 0) is 75.4 Å². The Hall–Kier alpha value is -3.12. The van der Waals surface area contributed by atoms with Crippen molar-refractivity contribution in [2.45, 2.75) is 52.0 Å². The highest BCUT2D eigenvalue weighted by atomic mass is 16.2. The van der Waals surface area contributed by atoms with E-state index in [1.54, 1.807) is 11.9 Å². The predicted molar refractivity (Wildman–Crippen MR) is 138 cm³/mol. The number of amides is 2. The molecule has 1 aromatic heterocycles. The first-order valence-electron chi connectivity index (χ1n) is 12.3. The number of aromatic amines is 1. The minimum Gasteiger partial charge on any atom is -0.358 e. The average molecular weight is 461 g/mol. The molecule has 1 fully saturated rings. The van der Waals surface area contributed by atoms with Crippen LogP contribution >= 0.6 is 0 Å². The summed E-state index contributed by atoms with van der Waals surface area (Å²) < 4.78 is 0. The SMILES string of the molecule is CCc1ccccc1NC(=O)CN(C)C(=O)C(C)N1CCC(c2c(C)[nH]c3ccccc23)CC1. The molecular formula is C28H36N4O2. The number of carbonyl (C=O) groups excluding carboxylic acids is 2. The molecule has 0 bridgehead atoms. The quantitative estimate of drug-likeness (QED) is 0.537. The molecular weight excluding hydrogens is 424 g/mol. The molecule has 2 aromatic carbocycles. The molecule has 6 nitrogen and oxygen atoms in total. The number of aromatic nitrogens is 1. The Kier molecular flexibility index (Phi) is 7.37. The lowest BCUT2D eigenvalue weighted by molar-refractivity contribution is -0.138. The molecule has 4 rings (SSSR count). The van der Waals surface area contributed by atoms with Crippen LogP contribution in [-0.2, 0) is 16.0 Å². The maximum Gasteiger partial charge on any atom is 0.243 e. The Labute approximate surface area is 202 Å². The van der Waals surface area contributed by atoms with E-state index in [1.165, 1.54) is 22.2 Å². The first kappa shape index (κ1) is 24.0.